The Kier molecular flexibility index (Phi) is 8.62. The maximum Gasteiger partial charge on any atom is 0.328 e. The number of methoxy groups -OCH3 is 1. The molecule has 0 radical (unpaired) electrons. The Morgan fingerprint density at radius 2 is 1.95 bits per heavy atom. The second-order valence-corrected chi connectivity index (χ2v) is 5.61. The number of nitrogens with one attached hydrogen (secondary N) is 1. The Hall–Kier alpha value is -1.53. The number of carbonyl (C=O) groups excluding carboxylic acids is 2. The van der Waals surface area contributed by atoms with Crippen molar-refractivity contribution in [3.05, 3.63) is 35.9 Å². The van der Waals surface area contributed by atoms with Crippen molar-refractivity contribution in [2.75, 3.05) is 25.7 Å². The number of benzene rings is 1. The van der Waals surface area contributed by atoms with Crippen LogP contribution in [0.25, 0.3) is 0 Å². The normalized spacial score (nSPS) is 13.2. The lowest BCUT2D eigenvalue weighted by Gasteiger charge is -2.21. The number of amides is 1. The molecular weight excluding hydrogens is 302 g/mol. The predicted molar refractivity (Wildman–Crippen MR) is 87.8 cm³/mol. The Morgan fingerprint density at radius 1 is 1.27 bits per heavy atom. The van der Waals surface area contributed by atoms with Gasteiger partial charge in [-0.25, -0.2) is 4.79 Å². The Morgan fingerprint density at radius 3 is 2.50 bits per heavy atom. The number of hydrogen-bond acceptors (Lipinski definition) is 5. The maximum absolute atomic E-state index is 12.4. The maximum atomic E-state index is 12.4. The SMILES string of the molecule is CCOC(=O)[C@@H](CCSC)NC(=O)[C@@H](OC)c1ccccc1. The van der Waals surface area contributed by atoms with Crippen molar-refractivity contribution >= 4 is 23.6 Å². The van der Waals surface area contributed by atoms with Crippen LogP contribution in [0.15, 0.2) is 30.3 Å². The smallest absolute Gasteiger partial charge is 0.328 e. The molecule has 0 aliphatic rings. The van der Waals surface area contributed by atoms with Crippen LogP contribution < -0.4 is 5.32 Å². The van der Waals surface area contributed by atoms with E-state index in [-0.39, 0.29) is 12.5 Å². The van der Waals surface area contributed by atoms with Gasteiger partial charge in [-0.15, -0.1) is 0 Å². The van der Waals surface area contributed by atoms with E-state index < -0.39 is 18.1 Å². The second-order valence-electron chi connectivity index (χ2n) is 4.62. The van der Waals surface area contributed by atoms with Crippen LogP contribution in [0, 0.1) is 0 Å². The van der Waals surface area contributed by atoms with Crippen molar-refractivity contribution in [3.8, 4) is 0 Å². The van der Waals surface area contributed by atoms with Gasteiger partial charge in [0.15, 0.2) is 6.10 Å². The molecule has 1 N–H and O–H groups in total. The molecule has 0 unspecified atom stereocenters. The van der Waals surface area contributed by atoms with E-state index in [4.69, 9.17) is 9.47 Å². The molecule has 2 atom stereocenters. The van der Waals surface area contributed by atoms with Crippen LogP contribution in [-0.2, 0) is 19.1 Å². The molecule has 1 aromatic carbocycles. The summed E-state index contributed by atoms with van der Waals surface area (Å²) in [5.41, 5.74) is 0.745. The third-order valence-electron chi connectivity index (χ3n) is 3.07. The molecule has 0 aromatic heterocycles. The summed E-state index contributed by atoms with van der Waals surface area (Å²) in [5, 5.41) is 2.73. The van der Waals surface area contributed by atoms with E-state index in [0.717, 1.165) is 11.3 Å². The number of thioether (sulfide) groups is 1. The van der Waals surface area contributed by atoms with Gasteiger partial charge in [0, 0.05) is 7.11 Å². The monoisotopic (exact) mass is 325 g/mol. The first-order valence-electron chi connectivity index (χ1n) is 7.17. The minimum Gasteiger partial charge on any atom is -0.464 e. The van der Waals surface area contributed by atoms with Gasteiger partial charge in [0.25, 0.3) is 5.91 Å². The quantitative estimate of drug-likeness (QED) is 0.705. The third-order valence-corrected chi connectivity index (χ3v) is 3.72. The molecule has 1 aromatic rings. The van der Waals surface area contributed by atoms with Gasteiger partial charge in [0.2, 0.25) is 0 Å². The summed E-state index contributed by atoms with van der Waals surface area (Å²) >= 11 is 1.61. The summed E-state index contributed by atoms with van der Waals surface area (Å²) in [6, 6.07) is 8.52. The summed E-state index contributed by atoms with van der Waals surface area (Å²) in [6.07, 6.45) is 1.73. The standard InChI is InChI=1S/C16H23NO4S/c1-4-21-16(19)13(10-11-22-3)17-15(18)14(20-2)12-8-6-5-7-9-12/h5-9,13-14H,4,10-11H2,1-3H3,(H,17,18)/t13-,14+/m1/s1. The molecule has 6 heteroatoms. The van der Waals surface area contributed by atoms with E-state index >= 15 is 0 Å². The van der Waals surface area contributed by atoms with Gasteiger partial charge in [-0.1, -0.05) is 30.3 Å². The lowest BCUT2D eigenvalue weighted by Crippen LogP contribution is -2.44. The first-order chi connectivity index (χ1) is 10.6. The first-order valence-corrected chi connectivity index (χ1v) is 8.57. The van der Waals surface area contributed by atoms with Crippen LogP contribution in [0.1, 0.15) is 25.0 Å². The molecule has 0 saturated carbocycles. The van der Waals surface area contributed by atoms with Gasteiger partial charge in [-0.2, -0.15) is 11.8 Å². The number of rotatable bonds is 9. The summed E-state index contributed by atoms with van der Waals surface area (Å²) in [6.45, 7) is 2.03. The molecule has 5 nitrogen and oxygen atoms in total. The van der Waals surface area contributed by atoms with E-state index in [1.807, 2.05) is 36.6 Å². The molecule has 0 heterocycles. The van der Waals surface area contributed by atoms with Crippen molar-refractivity contribution in [3.63, 3.8) is 0 Å². The fourth-order valence-electron chi connectivity index (χ4n) is 2.00. The van der Waals surface area contributed by atoms with Crippen LogP contribution in [0.2, 0.25) is 0 Å². The highest BCUT2D eigenvalue weighted by Gasteiger charge is 2.27. The molecule has 0 saturated heterocycles. The van der Waals surface area contributed by atoms with Crippen LogP contribution in [-0.4, -0.2) is 43.6 Å². The highest BCUT2D eigenvalue weighted by atomic mass is 32.2. The molecule has 1 rings (SSSR count). The van der Waals surface area contributed by atoms with Crippen LogP contribution in [0.4, 0.5) is 0 Å². The minimum absolute atomic E-state index is 0.289. The van der Waals surface area contributed by atoms with Crippen molar-refractivity contribution in [1.82, 2.24) is 5.32 Å². The molecular formula is C16H23NO4S. The minimum atomic E-state index is -0.743. The van der Waals surface area contributed by atoms with Crippen molar-refractivity contribution in [2.45, 2.75) is 25.5 Å². The van der Waals surface area contributed by atoms with E-state index in [0.29, 0.717) is 6.42 Å². The van der Waals surface area contributed by atoms with Crippen molar-refractivity contribution in [2.24, 2.45) is 0 Å². The average Bonchev–Trinajstić information content (AvgIpc) is 2.53. The highest BCUT2D eigenvalue weighted by Crippen LogP contribution is 2.17. The largest absolute Gasteiger partial charge is 0.464 e. The second kappa shape index (κ2) is 10.2. The Bertz CT molecular complexity index is 466. The van der Waals surface area contributed by atoms with Gasteiger partial charge < -0.3 is 14.8 Å². The number of ether oxygens (including phenoxy) is 2. The molecule has 0 aliphatic carbocycles. The number of carbonyl (C=O) groups is 2. The summed E-state index contributed by atoms with van der Waals surface area (Å²) in [5.74, 6) is 0.00731. The highest BCUT2D eigenvalue weighted by molar-refractivity contribution is 7.98. The fourth-order valence-corrected chi connectivity index (χ4v) is 2.47. The Balaban J connectivity index is 2.77. The third kappa shape index (κ3) is 5.69. The fraction of sp³-hybridized carbons (Fsp3) is 0.500. The number of hydrogen-bond donors (Lipinski definition) is 1. The molecule has 122 valence electrons. The summed E-state index contributed by atoms with van der Waals surface area (Å²) < 4.78 is 10.3. The van der Waals surface area contributed by atoms with Gasteiger partial charge in [-0.05, 0) is 30.9 Å². The van der Waals surface area contributed by atoms with E-state index in [1.165, 1.54) is 7.11 Å². The van der Waals surface area contributed by atoms with Gasteiger partial charge in [0.05, 0.1) is 6.61 Å². The topological polar surface area (TPSA) is 64.6 Å². The summed E-state index contributed by atoms with van der Waals surface area (Å²) in [7, 11) is 1.47. The van der Waals surface area contributed by atoms with Crippen molar-refractivity contribution < 1.29 is 19.1 Å². The summed E-state index contributed by atoms with van der Waals surface area (Å²) in [4.78, 5) is 24.4. The van der Waals surface area contributed by atoms with E-state index in [2.05, 4.69) is 5.32 Å². The predicted octanol–water partition coefficient (Wildman–Crippen LogP) is 2.18. The Labute approximate surface area is 135 Å². The zero-order valence-corrected chi connectivity index (χ0v) is 14.0. The molecule has 0 fully saturated rings. The lowest BCUT2D eigenvalue weighted by atomic mass is 10.1. The molecule has 0 spiro atoms. The molecule has 22 heavy (non-hydrogen) atoms. The first kappa shape index (κ1) is 18.5. The van der Waals surface area contributed by atoms with Crippen LogP contribution >= 0.6 is 11.8 Å². The molecule has 1 amide bonds. The molecule has 0 bridgehead atoms. The van der Waals surface area contributed by atoms with Crippen LogP contribution in [0.3, 0.4) is 0 Å². The molecule has 0 aliphatic heterocycles. The zero-order valence-electron chi connectivity index (χ0n) is 13.2. The number of esters is 1. The zero-order chi connectivity index (χ0) is 16.4. The van der Waals surface area contributed by atoms with E-state index in [1.54, 1.807) is 18.7 Å². The van der Waals surface area contributed by atoms with Gasteiger partial charge in [-0.3, -0.25) is 4.79 Å². The van der Waals surface area contributed by atoms with Gasteiger partial charge >= 0.3 is 5.97 Å². The van der Waals surface area contributed by atoms with Gasteiger partial charge in [0.1, 0.15) is 6.04 Å². The average molecular weight is 325 g/mol. The van der Waals surface area contributed by atoms with Crippen molar-refractivity contribution in [1.29, 1.82) is 0 Å². The van der Waals surface area contributed by atoms with E-state index in [9.17, 15) is 9.59 Å². The van der Waals surface area contributed by atoms with Crippen LogP contribution in [0.5, 0.6) is 0 Å². The lowest BCUT2D eigenvalue weighted by molar-refractivity contribution is -0.148.